The van der Waals surface area contributed by atoms with Crippen molar-refractivity contribution in [2.24, 2.45) is 14.1 Å². The van der Waals surface area contributed by atoms with Crippen molar-refractivity contribution in [2.45, 2.75) is 43.9 Å². The number of aryl methyl sites for hydroxylation is 2. The first kappa shape index (κ1) is 15.8. The molecule has 2 aromatic rings. The molecule has 0 aliphatic carbocycles. The number of nitrogens with zero attached hydrogens (tertiary/aromatic N) is 4. The minimum atomic E-state index is -0.367. The lowest BCUT2D eigenvalue weighted by atomic mass is 10.3. The quantitative estimate of drug-likeness (QED) is 0.632. The third-order valence-electron chi connectivity index (χ3n) is 3.13. The molecule has 2 rings (SSSR count). The second kappa shape index (κ2) is 6.01. The van der Waals surface area contributed by atoms with Crippen molar-refractivity contribution in [3.05, 3.63) is 26.7 Å². The molecule has 7 heteroatoms. The van der Waals surface area contributed by atoms with Crippen LogP contribution in [0.15, 0.2) is 14.6 Å². The van der Waals surface area contributed by atoms with Crippen LogP contribution in [0.1, 0.15) is 33.0 Å². The second-order valence-corrected chi connectivity index (χ2v) is 6.83. The molecule has 0 fully saturated rings. The van der Waals surface area contributed by atoms with Crippen LogP contribution in [0.3, 0.4) is 0 Å². The summed E-state index contributed by atoms with van der Waals surface area (Å²) in [6.07, 6.45) is 1.64. The molecule has 0 saturated carbocycles. The van der Waals surface area contributed by atoms with Gasteiger partial charge < -0.3 is 0 Å². The zero-order valence-electron chi connectivity index (χ0n) is 13.0. The fraction of sp³-hybridized carbons (Fsp3) is 0.571. The summed E-state index contributed by atoms with van der Waals surface area (Å²) in [4.78, 5) is 33.4. The lowest BCUT2D eigenvalue weighted by molar-refractivity contribution is 0.696. The van der Waals surface area contributed by atoms with Gasteiger partial charge in [0.2, 0.25) is 0 Å². The minimum Gasteiger partial charge on any atom is -0.280 e. The summed E-state index contributed by atoms with van der Waals surface area (Å²) in [5.41, 5.74) is -0.279. The molecule has 0 bridgehead atoms. The van der Waals surface area contributed by atoms with Gasteiger partial charge in [-0.15, -0.1) is 11.8 Å². The van der Waals surface area contributed by atoms with E-state index in [4.69, 9.17) is 0 Å². The summed E-state index contributed by atoms with van der Waals surface area (Å²) < 4.78 is 2.53. The summed E-state index contributed by atoms with van der Waals surface area (Å²) in [5, 5.41) is 1.38. The molecule has 0 N–H and O–H groups in total. The van der Waals surface area contributed by atoms with Gasteiger partial charge >= 0.3 is 5.69 Å². The van der Waals surface area contributed by atoms with Gasteiger partial charge in [-0.05, 0) is 6.42 Å². The zero-order chi connectivity index (χ0) is 15.7. The number of aromatic nitrogens is 4. The van der Waals surface area contributed by atoms with Gasteiger partial charge in [0.05, 0.1) is 0 Å². The van der Waals surface area contributed by atoms with E-state index >= 15 is 0 Å². The van der Waals surface area contributed by atoms with Gasteiger partial charge in [-0.3, -0.25) is 13.9 Å². The van der Waals surface area contributed by atoms with Crippen LogP contribution < -0.4 is 11.2 Å². The van der Waals surface area contributed by atoms with Crippen molar-refractivity contribution in [3.63, 3.8) is 0 Å². The normalized spacial score (nSPS) is 11.5. The maximum absolute atomic E-state index is 12.4. The lowest BCUT2D eigenvalue weighted by Gasteiger charge is -2.12. The van der Waals surface area contributed by atoms with Crippen LogP contribution in [0.4, 0.5) is 0 Å². The van der Waals surface area contributed by atoms with Crippen LogP contribution in [0.25, 0.3) is 11.0 Å². The Labute approximate surface area is 127 Å². The summed E-state index contributed by atoms with van der Waals surface area (Å²) in [5.74, 6) is 0.677. The number of hydrogen-bond acceptors (Lipinski definition) is 5. The maximum Gasteiger partial charge on any atom is 0.332 e. The highest BCUT2D eigenvalue weighted by Gasteiger charge is 2.17. The van der Waals surface area contributed by atoms with E-state index in [2.05, 4.69) is 9.97 Å². The Morgan fingerprint density at radius 3 is 2.38 bits per heavy atom. The highest BCUT2D eigenvalue weighted by molar-refractivity contribution is 8.00. The summed E-state index contributed by atoms with van der Waals surface area (Å²) >= 11 is 1.53. The van der Waals surface area contributed by atoms with E-state index in [-0.39, 0.29) is 11.2 Å². The highest BCUT2D eigenvalue weighted by Crippen LogP contribution is 2.26. The first-order valence-corrected chi connectivity index (χ1v) is 7.88. The molecule has 0 radical (unpaired) electrons. The number of hydrogen-bond donors (Lipinski definition) is 0. The fourth-order valence-electron chi connectivity index (χ4n) is 2.12. The van der Waals surface area contributed by atoms with Crippen molar-refractivity contribution in [1.29, 1.82) is 0 Å². The smallest absolute Gasteiger partial charge is 0.280 e. The van der Waals surface area contributed by atoms with Gasteiger partial charge in [0.25, 0.3) is 5.56 Å². The monoisotopic (exact) mass is 308 g/mol. The molecule has 0 aliphatic rings. The first-order chi connectivity index (χ1) is 9.86. The molecule has 0 aliphatic heterocycles. The van der Waals surface area contributed by atoms with E-state index < -0.39 is 0 Å². The van der Waals surface area contributed by atoms with Crippen LogP contribution in [0, 0.1) is 0 Å². The Morgan fingerprint density at radius 1 is 1.14 bits per heavy atom. The standard InChI is InChI=1S/C14H20N4O2S/c1-6-7-9-15-11-10(12(16-9)21-8(2)3)13(19)18(5)14(20)17(11)4/h8H,6-7H2,1-5H3. The molecular formula is C14H20N4O2S. The van der Waals surface area contributed by atoms with E-state index in [0.29, 0.717) is 27.1 Å². The molecule has 0 amide bonds. The predicted molar refractivity (Wildman–Crippen MR) is 85.0 cm³/mol. The molecular weight excluding hydrogens is 288 g/mol. The number of fused-ring (bicyclic) bond motifs is 1. The van der Waals surface area contributed by atoms with Crippen molar-refractivity contribution >= 4 is 22.8 Å². The molecule has 0 unspecified atom stereocenters. The van der Waals surface area contributed by atoms with E-state index in [9.17, 15) is 9.59 Å². The van der Waals surface area contributed by atoms with Gasteiger partial charge in [0, 0.05) is 25.8 Å². The molecule has 6 nitrogen and oxygen atoms in total. The average Bonchev–Trinajstić information content (AvgIpc) is 2.42. The van der Waals surface area contributed by atoms with E-state index in [1.54, 1.807) is 7.05 Å². The van der Waals surface area contributed by atoms with E-state index in [0.717, 1.165) is 17.4 Å². The largest absolute Gasteiger partial charge is 0.332 e. The Kier molecular flexibility index (Phi) is 4.51. The van der Waals surface area contributed by atoms with Crippen LogP contribution in [-0.4, -0.2) is 24.4 Å². The second-order valence-electron chi connectivity index (χ2n) is 5.27. The van der Waals surface area contributed by atoms with Gasteiger partial charge in [-0.1, -0.05) is 20.8 Å². The molecule has 0 atom stereocenters. The van der Waals surface area contributed by atoms with Crippen LogP contribution in [-0.2, 0) is 20.5 Å². The topological polar surface area (TPSA) is 69.8 Å². The van der Waals surface area contributed by atoms with Crippen LogP contribution in [0.5, 0.6) is 0 Å². The molecule has 0 aromatic carbocycles. The predicted octanol–water partition coefficient (Wildman–Crippen LogP) is 1.48. The summed E-state index contributed by atoms with van der Waals surface area (Å²) in [6, 6.07) is 0. The van der Waals surface area contributed by atoms with E-state index in [1.807, 2.05) is 20.8 Å². The van der Waals surface area contributed by atoms with Crippen LogP contribution in [0.2, 0.25) is 0 Å². The highest BCUT2D eigenvalue weighted by atomic mass is 32.2. The van der Waals surface area contributed by atoms with Crippen LogP contribution >= 0.6 is 11.8 Å². The first-order valence-electron chi connectivity index (χ1n) is 7.00. The molecule has 114 valence electrons. The Morgan fingerprint density at radius 2 is 1.81 bits per heavy atom. The number of rotatable bonds is 4. The van der Waals surface area contributed by atoms with Gasteiger partial charge in [-0.25, -0.2) is 14.8 Å². The van der Waals surface area contributed by atoms with Crippen molar-refractivity contribution in [1.82, 2.24) is 19.1 Å². The van der Waals surface area contributed by atoms with Crippen molar-refractivity contribution in [2.75, 3.05) is 0 Å². The minimum absolute atomic E-state index is 0.291. The SMILES string of the molecule is CCCc1nc(SC(C)C)c2c(=O)n(C)c(=O)n(C)c2n1. The molecule has 21 heavy (non-hydrogen) atoms. The molecule has 2 aromatic heterocycles. The number of thioether (sulfide) groups is 1. The fourth-order valence-corrected chi connectivity index (χ4v) is 3.02. The Hall–Kier alpha value is -1.63. The third kappa shape index (κ3) is 2.88. The lowest BCUT2D eigenvalue weighted by Crippen LogP contribution is -2.38. The van der Waals surface area contributed by atoms with Gasteiger partial charge in [0.1, 0.15) is 16.2 Å². The Balaban J connectivity index is 2.91. The van der Waals surface area contributed by atoms with Gasteiger partial charge in [-0.2, -0.15) is 0 Å². The zero-order valence-corrected chi connectivity index (χ0v) is 13.8. The van der Waals surface area contributed by atoms with E-state index in [1.165, 1.54) is 23.4 Å². The molecule has 2 heterocycles. The third-order valence-corrected chi connectivity index (χ3v) is 4.12. The summed E-state index contributed by atoms with van der Waals surface area (Å²) in [6.45, 7) is 6.14. The molecule has 0 spiro atoms. The molecule has 0 saturated heterocycles. The Bertz CT molecular complexity index is 792. The van der Waals surface area contributed by atoms with Crippen molar-refractivity contribution in [3.8, 4) is 0 Å². The van der Waals surface area contributed by atoms with Crippen molar-refractivity contribution < 1.29 is 0 Å². The maximum atomic E-state index is 12.4. The average molecular weight is 308 g/mol. The van der Waals surface area contributed by atoms with Gasteiger partial charge in [0.15, 0.2) is 5.65 Å². The summed E-state index contributed by atoms with van der Waals surface area (Å²) in [7, 11) is 3.12.